The predicted octanol–water partition coefficient (Wildman–Crippen LogP) is 7.02. The summed E-state index contributed by atoms with van der Waals surface area (Å²) in [6.07, 6.45) is 0.413. The second kappa shape index (κ2) is 10.1. The number of fused-ring (bicyclic) bond motifs is 9. The fraction of sp³-hybridized carbons (Fsp3) is 0.543. The summed E-state index contributed by atoms with van der Waals surface area (Å²) >= 11 is 0. The van der Waals surface area contributed by atoms with Crippen LogP contribution >= 0.6 is 0 Å². The lowest BCUT2D eigenvalue weighted by atomic mass is 9.79. The van der Waals surface area contributed by atoms with Gasteiger partial charge in [-0.15, -0.1) is 5.54 Å². The van der Waals surface area contributed by atoms with Gasteiger partial charge in [-0.2, -0.15) is 0 Å². The van der Waals surface area contributed by atoms with E-state index in [1.807, 2.05) is 52.0 Å². The van der Waals surface area contributed by atoms with Gasteiger partial charge < -0.3 is 18.8 Å². The molecule has 3 aromatic rings. The largest absolute Gasteiger partial charge is 0.494 e. The maximum atomic E-state index is 14.2. The van der Waals surface area contributed by atoms with Gasteiger partial charge in [0.15, 0.2) is 0 Å². The summed E-state index contributed by atoms with van der Waals surface area (Å²) in [7, 11) is -2.65. The Kier molecular flexibility index (Phi) is 6.22. The molecule has 8 heteroatoms. The van der Waals surface area contributed by atoms with Gasteiger partial charge in [0, 0.05) is 34.2 Å². The van der Waals surface area contributed by atoms with E-state index in [1.165, 1.54) is 0 Å². The smallest absolute Gasteiger partial charge is 0.399 e. The number of imidazole rings is 1. The van der Waals surface area contributed by atoms with E-state index in [-0.39, 0.29) is 6.04 Å². The molecule has 0 N–H and O–H groups in total. The highest BCUT2D eigenvalue weighted by Crippen LogP contribution is 2.48. The zero-order valence-corrected chi connectivity index (χ0v) is 28.2. The van der Waals surface area contributed by atoms with Crippen molar-refractivity contribution in [2.24, 2.45) is 0 Å². The molecule has 1 fully saturated rings. The molecule has 2 aromatic carbocycles. The molecule has 3 aliphatic heterocycles. The summed E-state index contributed by atoms with van der Waals surface area (Å²) < 4.78 is 40.2. The number of benzene rings is 2. The van der Waals surface area contributed by atoms with Crippen molar-refractivity contribution in [2.45, 2.75) is 116 Å². The third-order valence-electron chi connectivity index (χ3n) is 10.8. The summed E-state index contributed by atoms with van der Waals surface area (Å²) in [5.41, 5.74) is 8.64. The number of carbonyl (C=O) groups excluding carboxylic acids is 1. The molecule has 226 valence electrons. The van der Waals surface area contributed by atoms with Crippen LogP contribution in [0.1, 0.15) is 119 Å². The van der Waals surface area contributed by atoms with Crippen molar-refractivity contribution in [1.82, 2.24) is 14.5 Å². The molecule has 0 aliphatic carbocycles. The third-order valence-corrected chi connectivity index (χ3v) is 17.1. The maximum absolute atomic E-state index is 14.2. The Morgan fingerprint density at radius 1 is 1.00 bits per heavy atom. The molecule has 2 bridgehead atoms. The molecule has 3 aliphatic rings. The zero-order chi connectivity index (χ0) is 33.7. The summed E-state index contributed by atoms with van der Waals surface area (Å²) in [5.74, 6) is 3.70. The van der Waals surface area contributed by atoms with E-state index in [2.05, 4.69) is 63.6 Å². The fourth-order valence-electron chi connectivity index (χ4n) is 7.81. The first-order valence-corrected chi connectivity index (χ1v) is 17.9. The number of nitrogens with zero attached hydrogens (tertiary/aromatic N) is 3. The Balaban J connectivity index is 1.58. The van der Waals surface area contributed by atoms with Crippen molar-refractivity contribution in [3.05, 3.63) is 58.9 Å². The topological polar surface area (TPSA) is 56.6 Å². The van der Waals surface area contributed by atoms with Gasteiger partial charge in [0.25, 0.3) is 5.91 Å². The van der Waals surface area contributed by atoms with Gasteiger partial charge in [-0.3, -0.25) is 4.79 Å². The van der Waals surface area contributed by atoms with Crippen LogP contribution in [0.25, 0.3) is 11.0 Å². The van der Waals surface area contributed by atoms with Crippen molar-refractivity contribution >= 4 is 37.6 Å². The van der Waals surface area contributed by atoms with Crippen LogP contribution in [0.4, 0.5) is 0 Å². The minimum atomic E-state index is -2.65. The molecule has 2 atom stereocenters. The van der Waals surface area contributed by atoms with Gasteiger partial charge in [-0.1, -0.05) is 59.6 Å². The number of hydrogen-bond acceptors (Lipinski definition) is 4. The van der Waals surface area contributed by atoms with Crippen molar-refractivity contribution in [2.75, 3.05) is 6.98 Å². The van der Waals surface area contributed by atoms with E-state index in [1.54, 1.807) is 6.07 Å². The molecular weight excluding hydrogens is 549 g/mol. The molecule has 6 rings (SSSR count). The van der Waals surface area contributed by atoms with Crippen LogP contribution in [0.2, 0.25) is 16.6 Å². The molecule has 1 amide bonds. The van der Waals surface area contributed by atoms with E-state index in [0.29, 0.717) is 34.4 Å². The highest BCUT2D eigenvalue weighted by molar-refractivity contribution is 6.90. The molecule has 0 radical (unpaired) electrons. The van der Waals surface area contributed by atoms with E-state index in [9.17, 15) is 4.79 Å². The molecule has 4 heterocycles. The van der Waals surface area contributed by atoms with Crippen LogP contribution in [-0.2, 0) is 9.31 Å². The highest BCUT2D eigenvalue weighted by Gasteiger charge is 2.52. The normalized spacial score (nSPS) is 23.7. The lowest BCUT2D eigenvalue weighted by Gasteiger charge is -2.38. The Labute approximate surface area is 262 Å². The Morgan fingerprint density at radius 2 is 1.65 bits per heavy atom. The summed E-state index contributed by atoms with van der Waals surface area (Å²) in [4.78, 5) is 20.2. The Morgan fingerprint density at radius 3 is 2.26 bits per heavy atom. The molecule has 1 aromatic heterocycles. The molecule has 0 saturated carbocycles. The molecule has 0 spiro atoms. The van der Waals surface area contributed by atoms with Crippen LogP contribution in [0, 0.1) is 11.5 Å². The lowest BCUT2D eigenvalue weighted by molar-refractivity contribution is 0.00578. The first-order chi connectivity index (χ1) is 21.3. The Hall–Kier alpha value is -2.86. The fourth-order valence-corrected chi connectivity index (χ4v) is 13.0. The van der Waals surface area contributed by atoms with Gasteiger partial charge in [0.2, 0.25) is 0 Å². The minimum Gasteiger partial charge on any atom is -0.399 e. The molecule has 43 heavy (non-hydrogen) atoms. The van der Waals surface area contributed by atoms with Crippen molar-refractivity contribution in [3.63, 3.8) is 0 Å². The van der Waals surface area contributed by atoms with E-state index < -0.39 is 45.3 Å². The van der Waals surface area contributed by atoms with Crippen LogP contribution in [0.15, 0.2) is 36.4 Å². The third kappa shape index (κ3) is 4.37. The van der Waals surface area contributed by atoms with Gasteiger partial charge >= 0.3 is 7.12 Å². The molecule has 1 saturated heterocycles. The van der Waals surface area contributed by atoms with Gasteiger partial charge in [-0.05, 0) is 74.0 Å². The summed E-state index contributed by atoms with van der Waals surface area (Å²) in [6.45, 7) is 19.2. The Bertz CT molecular complexity index is 1750. The number of aromatic nitrogens is 2. The molecule has 6 nitrogen and oxygen atoms in total. The van der Waals surface area contributed by atoms with E-state index in [4.69, 9.17) is 18.4 Å². The quantitative estimate of drug-likeness (QED) is 0.239. The van der Waals surface area contributed by atoms with Crippen LogP contribution in [-0.4, -0.2) is 53.7 Å². The van der Waals surface area contributed by atoms with Gasteiger partial charge in [-0.25, -0.2) is 4.98 Å². The number of amides is 1. The van der Waals surface area contributed by atoms with E-state index >= 15 is 0 Å². The monoisotopic (exact) mass is 598 g/mol. The van der Waals surface area contributed by atoms with Crippen molar-refractivity contribution in [3.8, 4) is 11.5 Å². The molecular formula is C35H46BN3O3Si. The number of hydrogen-bond donors (Lipinski definition) is 0. The highest BCUT2D eigenvalue weighted by atomic mass is 28.3. The van der Waals surface area contributed by atoms with Crippen LogP contribution in [0.3, 0.4) is 0 Å². The van der Waals surface area contributed by atoms with Crippen molar-refractivity contribution in [1.29, 1.82) is 0 Å². The maximum Gasteiger partial charge on any atom is 0.494 e. The first-order valence-electron chi connectivity index (χ1n) is 17.2. The average Bonchev–Trinajstić information content (AvgIpc) is 3.51. The number of carbonyl (C=O) groups is 1. The zero-order valence-electron chi connectivity index (χ0n) is 30.2. The first kappa shape index (κ1) is 26.5. The van der Waals surface area contributed by atoms with Crippen LogP contribution < -0.4 is 5.46 Å². The summed E-state index contributed by atoms with van der Waals surface area (Å²) in [5, 5.41) is 0. The minimum absolute atomic E-state index is 0.316. The lowest BCUT2D eigenvalue weighted by Crippen LogP contribution is -2.43. The second-order valence-electron chi connectivity index (χ2n) is 14.5. The standard InChI is InChI=1S/C35H46BN3O3Si/c1-21(2)43(22(3)4,23(5)6)18-17-24-13-12-14-26-31(24)29-20-30(38(11)33(26)40)32-37-27-16-15-25(19-28(27)39(29)32)36-41-34(7,8)35(9,10)42-36/h12-16,19,21-23,29-30H,20H2,1-11H3/t29-,30-/m1/s1/i11D3. The van der Waals surface area contributed by atoms with Gasteiger partial charge in [0.1, 0.15) is 13.9 Å². The van der Waals surface area contributed by atoms with Crippen molar-refractivity contribution < 1.29 is 18.2 Å². The average molecular weight is 599 g/mol. The van der Waals surface area contributed by atoms with Crippen LogP contribution in [0.5, 0.6) is 0 Å². The number of rotatable bonds is 4. The van der Waals surface area contributed by atoms with Gasteiger partial charge in [0.05, 0.1) is 34.3 Å². The molecule has 0 unspecified atom stereocenters. The predicted molar refractivity (Wildman–Crippen MR) is 177 cm³/mol. The second-order valence-corrected chi connectivity index (χ2v) is 20.1. The van der Waals surface area contributed by atoms with E-state index in [0.717, 1.165) is 32.5 Å². The SMILES string of the molecule is [2H]C([2H])([2H])N1C(=O)c2cccc(C#C[Si](C(C)C)(C(C)C)C(C)C)c2[C@H]2C[C@@H]1c1nc3ccc(B4OC(C)(C)C(C)(C)O4)cc3n12. The summed E-state index contributed by atoms with van der Waals surface area (Å²) in [6, 6.07) is 10.5.